The maximum absolute atomic E-state index is 5.24. The molecule has 2 heteroatoms. The van der Waals surface area contributed by atoms with E-state index in [4.69, 9.17) is 4.74 Å². The molecule has 1 unspecified atom stereocenters. The van der Waals surface area contributed by atoms with Gasteiger partial charge < -0.3 is 0 Å². The van der Waals surface area contributed by atoms with Gasteiger partial charge in [0.25, 0.3) is 0 Å². The maximum atomic E-state index is 5.24. The molecule has 1 aromatic rings. The zero-order chi connectivity index (χ0) is 8.27. The molecule has 0 N–H and O–H groups in total. The predicted octanol–water partition coefficient (Wildman–Crippen LogP) is 0.652. The predicted molar refractivity (Wildman–Crippen MR) is 50.0 cm³/mol. The fourth-order valence-electron chi connectivity index (χ4n) is 1.01. The molecular formula is C9H13BiO. The van der Waals surface area contributed by atoms with Crippen LogP contribution in [-0.4, -0.2) is 31.8 Å². The van der Waals surface area contributed by atoms with Gasteiger partial charge in [0.1, 0.15) is 0 Å². The van der Waals surface area contributed by atoms with E-state index >= 15 is 0 Å². The van der Waals surface area contributed by atoms with Crippen LogP contribution in [-0.2, 0) is 4.74 Å². The molecule has 0 fully saturated rings. The number of hydrogen-bond acceptors (Lipinski definition) is 1. The summed E-state index contributed by atoms with van der Waals surface area (Å²) in [5.74, 6) is 0. The molecule has 0 radical (unpaired) electrons. The van der Waals surface area contributed by atoms with Crippen molar-refractivity contribution in [3.8, 4) is 0 Å². The van der Waals surface area contributed by atoms with Gasteiger partial charge in [-0.15, -0.1) is 0 Å². The van der Waals surface area contributed by atoms with Gasteiger partial charge in [-0.05, 0) is 0 Å². The monoisotopic (exact) mass is 346 g/mol. The molecular weight excluding hydrogens is 333 g/mol. The molecule has 1 nitrogen and oxygen atoms in total. The Morgan fingerprint density at radius 1 is 1.36 bits per heavy atom. The van der Waals surface area contributed by atoms with E-state index < -0.39 is 0 Å². The molecule has 0 saturated carbocycles. The van der Waals surface area contributed by atoms with E-state index in [0.29, 0.717) is 0 Å². The Morgan fingerprint density at radius 2 is 2.00 bits per heavy atom. The molecule has 0 aliphatic carbocycles. The third kappa shape index (κ3) is 2.25. The number of methoxy groups -OCH3 is 1. The van der Waals surface area contributed by atoms with E-state index in [1.807, 2.05) is 0 Å². The van der Waals surface area contributed by atoms with E-state index in [9.17, 15) is 0 Å². The quantitative estimate of drug-likeness (QED) is 0.715. The zero-order valence-electron chi connectivity index (χ0n) is 6.87. The van der Waals surface area contributed by atoms with Gasteiger partial charge in [-0.2, -0.15) is 0 Å². The van der Waals surface area contributed by atoms with E-state index in [-0.39, 0.29) is 6.10 Å². The number of hydrogen-bond donors (Lipinski definition) is 0. The van der Waals surface area contributed by atoms with Crippen molar-refractivity contribution in [2.24, 2.45) is 0 Å². The summed E-state index contributed by atoms with van der Waals surface area (Å²) >= 11 is 0.897. The number of rotatable bonds is 2. The van der Waals surface area contributed by atoms with Crippen molar-refractivity contribution in [2.75, 3.05) is 7.11 Å². The van der Waals surface area contributed by atoms with E-state index in [0.717, 1.165) is 24.7 Å². The van der Waals surface area contributed by atoms with E-state index in [2.05, 4.69) is 31.2 Å². The van der Waals surface area contributed by atoms with Crippen LogP contribution in [0.25, 0.3) is 0 Å². The Balaban J connectivity index is 2.93. The molecule has 0 aromatic heterocycles. The summed E-state index contributed by atoms with van der Waals surface area (Å²) in [6, 6.07) is 8.47. The van der Waals surface area contributed by atoms with Crippen LogP contribution in [0, 0.1) is 0 Å². The van der Waals surface area contributed by atoms with Crippen LogP contribution in [0.4, 0.5) is 0 Å². The van der Waals surface area contributed by atoms with Crippen LogP contribution < -0.4 is 3.27 Å². The summed E-state index contributed by atoms with van der Waals surface area (Å²) in [6.07, 6.45) is 0.246. The molecule has 0 spiro atoms. The molecule has 0 heterocycles. The molecule has 0 saturated heterocycles. The molecule has 1 rings (SSSR count). The van der Waals surface area contributed by atoms with Gasteiger partial charge in [-0.3, -0.25) is 0 Å². The fraction of sp³-hybridized carbons (Fsp3) is 0.333. The summed E-state index contributed by atoms with van der Waals surface area (Å²) in [7, 11) is 1.75. The first-order valence-corrected chi connectivity index (χ1v) is 5.87. The normalized spacial score (nSPS) is 13.0. The Hall–Kier alpha value is 0.0631. The van der Waals surface area contributed by atoms with Crippen LogP contribution >= 0.6 is 0 Å². The first-order valence-electron chi connectivity index (χ1n) is 3.63. The van der Waals surface area contributed by atoms with Crippen LogP contribution in [0.15, 0.2) is 24.3 Å². The molecule has 1 atom stereocenters. The van der Waals surface area contributed by atoms with Gasteiger partial charge in [-0.25, -0.2) is 0 Å². The van der Waals surface area contributed by atoms with Gasteiger partial charge in [0, 0.05) is 0 Å². The van der Waals surface area contributed by atoms with E-state index in [1.165, 1.54) is 8.83 Å². The van der Waals surface area contributed by atoms with Gasteiger partial charge in [0.05, 0.1) is 0 Å². The fourth-order valence-corrected chi connectivity index (χ4v) is 2.73. The minimum atomic E-state index is 0.246. The van der Waals surface area contributed by atoms with Gasteiger partial charge in [-0.1, -0.05) is 0 Å². The first-order chi connectivity index (χ1) is 5.25. The van der Waals surface area contributed by atoms with Gasteiger partial charge in [0.15, 0.2) is 0 Å². The number of ether oxygens (including phenoxy) is 1. The molecule has 1 aromatic carbocycles. The minimum absolute atomic E-state index is 0.246. The van der Waals surface area contributed by atoms with Crippen LogP contribution in [0.3, 0.4) is 0 Å². The van der Waals surface area contributed by atoms with Gasteiger partial charge in [0.2, 0.25) is 0 Å². The van der Waals surface area contributed by atoms with Crippen molar-refractivity contribution < 1.29 is 4.74 Å². The summed E-state index contributed by atoms with van der Waals surface area (Å²) in [6.45, 7) is 2.08. The standard InChI is InChI=1S/C9H11O.Bi.2H/c1-8(10-2)9-6-4-3-5-7-9;;;/h3-6,8H,1-2H3;;;. The average molecular weight is 346 g/mol. The molecule has 0 aliphatic rings. The third-order valence-electron chi connectivity index (χ3n) is 1.79. The van der Waals surface area contributed by atoms with Crippen LogP contribution in [0.5, 0.6) is 0 Å². The van der Waals surface area contributed by atoms with Crippen molar-refractivity contribution >= 4 is 28.0 Å². The average Bonchev–Trinajstić information content (AvgIpc) is 2.04. The van der Waals surface area contributed by atoms with Crippen molar-refractivity contribution in [3.63, 3.8) is 0 Å². The van der Waals surface area contributed by atoms with Gasteiger partial charge >= 0.3 is 82.7 Å². The molecule has 0 bridgehead atoms. The topological polar surface area (TPSA) is 9.23 Å². The van der Waals surface area contributed by atoms with Crippen molar-refractivity contribution in [1.82, 2.24) is 0 Å². The Kier molecular flexibility index (Phi) is 3.48. The second kappa shape index (κ2) is 4.18. The summed E-state index contributed by atoms with van der Waals surface area (Å²) in [4.78, 5) is 0. The van der Waals surface area contributed by atoms with E-state index in [1.54, 1.807) is 7.11 Å². The Labute approximate surface area is 82.6 Å². The van der Waals surface area contributed by atoms with Crippen LogP contribution in [0.1, 0.15) is 18.6 Å². The Morgan fingerprint density at radius 3 is 2.55 bits per heavy atom. The summed E-state index contributed by atoms with van der Waals surface area (Å²) < 4.78 is 6.70. The van der Waals surface area contributed by atoms with Crippen LogP contribution in [0.2, 0.25) is 0 Å². The second-order valence-electron chi connectivity index (χ2n) is 2.51. The summed E-state index contributed by atoms with van der Waals surface area (Å²) in [5.41, 5.74) is 1.35. The molecule has 0 amide bonds. The molecule has 11 heavy (non-hydrogen) atoms. The second-order valence-corrected chi connectivity index (χ2v) is 4.92. The molecule has 0 aliphatic heterocycles. The Bertz CT molecular complexity index is 235. The van der Waals surface area contributed by atoms with Crippen molar-refractivity contribution in [2.45, 2.75) is 13.0 Å². The summed E-state index contributed by atoms with van der Waals surface area (Å²) in [5, 5.41) is 0. The first kappa shape index (κ1) is 9.15. The third-order valence-corrected chi connectivity index (χ3v) is 3.83. The van der Waals surface area contributed by atoms with Crippen molar-refractivity contribution in [1.29, 1.82) is 0 Å². The zero-order valence-corrected chi connectivity index (χ0v) is 11.4. The molecule has 60 valence electrons. The SMILES string of the molecule is COC(C)c1cccc[c]1[BiH2]. The number of benzene rings is 1. The van der Waals surface area contributed by atoms with Crippen molar-refractivity contribution in [3.05, 3.63) is 29.8 Å².